The number of H-pyrrole nitrogens is 1. The van der Waals surface area contributed by atoms with E-state index in [0.717, 1.165) is 12.2 Å². The summed E-state index contributed by atoms with van der Waals surface area (Å²) in [5.74, 6) is 0. The Bertz CT molecular complexity index is 670. The molecule has 0 saturated carbocycles. The lowest BCUT2D eigenvalue weighted by Gasteiger charge is -2.04. The highest BCUT2D eigenvalue weighted by Gasteiger charge is 2.06. The van der Waals surface area contributed by atoms with Gasteiger partial charge in [0.1, 0.15) is 5.65 Å². The maximum absolute atomic E-state index is 4.32. The number of rotatable bonds is 3. The van der Waals surface area contributed by atoms with Crippen molar-refractivity contribution >= 4 is 11.0 Å². The zero-order chi connectivity index (χ0) is 12.4. The number of hydrogen-bond acceptors (Lipinski definition) is 2. The van der Waals surface area contributed by atoms with Crippen LogP contribution in [0.25, 0.3) is 22.2 Å². The Balaban J connectivity index is 2.11. The van der Waals surface area contributed by atoms with E-state index in [1.165, 1.54) is 22.1 Å². The monoisotopic (exact) mass is 237 g/mol. The van der Waals surface area contributed by atoms with Gasteiger partial charge in [-0.25, -0.2) is 4.98 Å². The number of fused-ring (bicyclic) bond motifs is 1. The molecule has 0 aliphatic rings. The summed E-state index contributed by atoms with van der Waals surface area (Å²) < 4.78 is 0. The molecule has 2 heterocycles. The van der Waals surface area contributed by atoms with Crippen molar-refractivity contribution in [2.24, 2.45) is 0 Å². The Hall–Kier alpha value is -2.13. The smallest absolute Gasteiger partial charge is 0.137 e. The van der Waals surface area contributed by atoms with Gasteiger partial charge >= 0.3 is 0 Å². The van der Waals surface area contributed by atoms with Gasteiger partial charge < -0.3 is 10.3 Å². The van der Waals surface area contributed by atoms with Gasteiger partial charge in [0.25, 0.3) is 0 Å². The fourth-order valence-corrected chi connectivity index (χ4v) is 2.25. The van der Waals surface area contributed by atoms with E-state index < -0.39 is 0 Å². The lowest BCUT2D eigenvalue weighted by molar-refractivity contribution is 0.818. The average molecular weight is 237 g/mol. The van der Waals surface area contributed by atoms with Crippen LogP contribution in [0.2, 0.25) is 0 Å². The van der Waals surface area contributed by atoms with Crippen LogP contribution in [0.5, 0.6) is 0 Å². The van der Waals surface area contributed by atoms with E-state index in [1.54, 1.807) is 6.20 Å². The topological polar surface area (TPSA) is 40.7 Å². The number of hydrogen-bond donors (Lipinski definition) is 2. The molecule has 2 N–H and O–H groups in total. The number of nitrogens with one attached hydrogen (secondary N) is 2. The number of benzene rings is 1. The van der Waals surface area contributed by atoms with E-state index in [0.29, 0.717) is 0 Å². The summed E-state index contributed by atoms with van der Waals surface area (Å²) in [7, 11) is 1.96. The van der Waals surface area contributed by atoms with Crippen molar-refractivity contribution in [1.82, 2.24) is 15.3 Å². The van der Waals surface area contributed by atoms with Crippen LogP contribution in [-0.4, -0.2) is 17.0 Å². The van der Waals surface area contributed by atoms with Gasteiger partial charge in [-0.15, -0.1) is 0 Å². The van der Waals surface area contributed by atoms with Crippen molar-refractivity contribution in [1.29, 1.82) is 0 Å². The highest BCUT2D eigenvalue weighted by molar-refractivity contribution is 5.93. The lowest BCUT2D eigenvalue weighted by atomic mass is 10.0. The molecule has 0 unspecified atom stereocenters. The summed E-state index contributed by atoms with van der Waals surface area (Å²) in [6.07, 6.45) is 3.83. The van der Waals surface area contributed by atoms with Crippen molar-refractivity contribution in [3.05, 3.63) is 54.4 Å². The van der Waals surface area contributed by atoms with E-state index >= 15 is 0 Å². The molecule has 0 spiro atoms. The molecule has 0 fully saturated rings. The summed E-state index contributed by atoms with van der Waals surface area (Å²) in [4.78, 5) is 7.53. The predicted octanol–water partition coefficient (Wildman–Crippen LogP) is 2.95. The minimum atomic E-state index is 0.883. The summed E-state index contributed by atoms with van der Waals surface area (Å²) in [5, 5.41) is 4.34. The van der Waals surface area contributed by atoms with E-state index in [4.69, 9.17) is 0 Å². The zero-order valence-corrected chi connectivity index (χ0v) is 10.3. The first-order chi connectivity index (χ1) is 8.88. The van der Waals surface area contributed by atoms with Gasteiger partial charge in [-0.3, -0.25) is 0 Å². The Morgan fingerprint density at radius 3 is 3.06 bits per heavy atom. The van der Waals surface area contributed by atoms with E-state index in [9.17, 15) is 0 Å². The number of nitrogens with zero attached hydrogens (tertiary/aromatic N) is 1. The highest BCUT2D eigenvalue weighted by Crippen LogP contribution is 2.27. The molecule has 0 radical (unpaired) electrons. The molecule has 3 nitrogen and oxygen atoms in total. The Morgan fingerprint density at radius 1 is 1.22 bits per heavy atom. The van der Waals surface area contributed by atoms with Crippen LogP contribution in [0, 0.1) is 0 Å². The third kappa shape index (κ3) is 1.89. The van der Waals surface area contributed by atoms with Crippen molar-refractivity contribution in [2.75, 3.05) is 7.05 Å². The van der Waals surface area contributed by atoms with Gasteiger partial charge in [0.15, 0.2) is 0 Å². The molecule has 3 heteroatoms. The number of aromatic amines is 1. The number of pyridine rings is 1. The number of aromatic nitrogens is 2. The van der Waals surface area contributed by atoms with Crippen LogP contribution in [0.3, 0.4) is 0 Å². The molecule has 0 aliphatic heterocycles. The predicted molar refractivity (Wildman–Crippen MR) is 74.3 cm³/mol. The van der Waals surface area contributed by atoms with Crippen molar-refractivity contribution in [3.63, 3.8) is 0 Å². The fraction of sp³-hybridized carbons (Fsp3) is 0.133. The summed E-state index contributed by atoms with van der Waals surface area (Å²) >= 11 is 0. The van der Waals surface area contributed by atoms with Gasteiger partial charge in [-0.2, -0.15) is 0 Å². The van der Waals surface area contributed by atoms with E-state index in [2.05, 4.69) is 45.6 Å². The second-order valence-corrected chi connectivity index (χ2v) is 4.33. The standard InChI is InChI=1S/C15H15N3/c1-16-9-11-4-2-5-12(8-11)14-10-18-15-13(14)6-3-7-17-15/h2-8,10,16H,9H2,1H3,(H,17,18). The Morgan fingerprint density at radius 2 is 2.17 bits per heavy atom. The summed E-state index contributed by atoms with van der Waals surface area (Å²) in [6, 6.07) is 12.6. The molecule has 2 aromatic heterocycles. The second-order valence-electron chi connectivity index (χ2n) is 4.33. The molecule has 0 bridgehead atoms. The Labute approximate surface area is 106 Å². The first kappa shape index (κ1) is 11.0. The van der Waals surface area contributed by atoms with Crippen LogP contribution in [0.15, 0.2) is 48.8 Å². The normalized spacial score (nSPS) is 10.9. The third-order valence-corrected chi connectivity index (χ3v) is 3.07. The van der Waals surface area contributed by atoms with Gasteiger partial charge in [0.05, 0.1) is 0 Å². The molecular weight excluding hydrogens is 222 g/mol. The quantitative estimate of drug-likeness (QED) is 0.735. The SMILES string of the molecule is CNCc1cccc(-c2c[nH]c3ncccc23)c1. The first-order valence-electron chi connectivity index (χ1n) is 6.04. The molecule has 1 aromatic carbocycles. The summed E-state index contributed by atoms with van der Waals surface area (Å²) in [5.41, 5.74) is 4.65. The molecule has 3 aromatic rings. The first-order valence-corrected chi connectivity index (χ1v) is 6.04. The maximum atomic E-state index is 4.32. The largest absolute Gasteiger partial charge is 0.346 e. The average Bonchev–Trinajstić information content (AvgIpc) is 2.83. The van der Waals surface area contributed by atoms with E-state index in [1.807, 2.05) is 19.3 Å². The molecule has 3 rings (SSSR count). The fourth-order valence-electron chi connectivity index (χ4n) is 2.25. The van der Waals surface area contributed by atoms with Gasteiger partial charge in [-0.1, -0.05) is 18.2 Å². The maximum Gasteiger partial charge on any atom is 0.137 e. The molecule has 18 heavy (non-hydrogen) atoms. The Kier molecular flexibility index (Phi) is 2.82. The third-order valence-electron chi connectivity index (χ3n) is 3.07. The lowest BCUT2D eigenvalue weighted by Crippen LogP contribution is -2.04. The minimum absolute atomic E-state index is 0.883. The second kappa shape index (κ2) is 4.63. The molecular formula is C15H15N3. The van der Waals surface area contributed by atoms with Crippen LogP contribution < -0.4 is 5.32 Å². The van der Waals surface area contributed by atoms with Crippen molar-refractivity contribution < 1.29 is 0 Å². The molecule has 0 atom stereocenters. The van der Waals surface area contributed by atoms with Crippen LogP contribution in [-0.2, 0) is 6.54 Å². The minimum Gasteiger partial charge on any atom is -0.346 e. The zero-order valence-electron chi connectivity index (χ0n) is 10.3. The van der Waals surface area contributed by atoms with Crippen molar-refractivity contribution in [3.8, 4) is 11.1 Å². The van der Waals surface area contributed by atoms with Gasteiger partial charge in [0.2, 0.25) is 0 Å². The van der Waals surface area contributed by atoms with Crippen LogP contribution >= 0.6 is 0 Å². The van der Waals surface area contributed by atoms with E-state index in [-0.39, 0.29) is 0 Å². The van der Waals surface area contributed by atoms with Crippen LogP contribution in [0.4, 0.5) is 0 Å². The summed E-state index contributed by atoms with van der Waals surface area (Å²) in [6.45, 7) is 0.883. The van der Waals surface area contributed by atoms with Gasteiger partial charge in [0, 0.05) is 29.9 Å². The molecule has 90 valence electrons. The molecule has 0 saturated heterocycles. The highest BCUT2D eigenvalue weighted by atomic mass is 14.8. The van der Waals surface area contributed by atoms with Crippen molar-refractivity contribution in [2.45, 2.75) is 6.54 Å². The molecule has 0 amide bonds. The molecule has 0 aliphatic carbocycles. The van der Waals surface area contributed by atoms with Crippen LogP contribution in [0.1, 0.15) is 5.56 Å². The van der Waals surface area contributed by atoms with Gasteiger partial charge in [-0.05, 0) is 36.4 Å².